The second kappa shape index (κ2) is 4.82. The molecule has 2 N–H and O–H groups in total. The lowest BCUT2D eigenvalue weighted by molar-refractivity contribution is 0.0696. The maximum atomic E-state index is 10.9. The van der Waals surface area contributed by atoms with Crippen LogP contribution in [0.25, 0.3) is 0 Å². The molecule has 1 atom stereocenters. The van der Waals surface area contributed by atoms with Gasteiger partial charge in [0.2, 0.25) is 0 Å². The molecule has 0 aliphatic heterocycles. The molecule has 0 aliphatic carbocycles. The minimum Gasteiger partial charge on any atom is -0.478 e. The van der Waals surface area contributed by atoms with Gasteiger partial charge < -0.3 is 10.4 Å². The molecule has 1 unspecified atom stereocenters. The highest BCUT2D eigenvalue weighted by Gasteiger charge is 2.10. The van der Waals surface area contributed by atoms with E-state index >= 15 is 0 Å². The molecule has 0 radical (unpaired) electrons. The molecule has 1 aromatic carbocycles. The summed E-state index contributed by atoms with van der Waals surface area (Å²) >= 11 is 0. The van der Waals surface area contributed by atoms with Gasteiger partial charge in [0.15, 0.2) is 0 Å². The van der Waals surface area contributed by atoms with Gasteiger partial charge in [0.05, 0.1) is 5.56 Å². The Kier molecular flexibility index (Phi) is 3.72. The van der Waals surface area contributed by atoms with Crippen LogP contribution in [0.3, 0.4) is 0 Å². The lowest BCUT2D eigenvalue weighted by Crippen LogP contribution is -2.15. The Hall–Kier alpha value is -1.51. The molecule has 0 saturated carbocycles. The summed E-state index contributed by atoms with van der Waals surface area (Å²) < 4.78 is 0. The van der Waals surface area contributed by atoms with Crippen molar-refractivity contribution >= 4 is 11.7 Å². The normalized spacial score (nSPS) is 12.2. The third kappa shape index (κ3) is 2.72. The Balaban J connectivity index is 2.99. The fourth-order valence-corrected chi connectivity index (χ4v) is 1.39. The van der Waals surface area contributed by atoms with E-state index in [-0.39, 0.29) is 0 Å². The first-order valence-corrected chi connectivity index (χ1v) is 5.15. The van der Waals surface area contributed by atoms with Gasteiger partial charge in [-0.3, -0.25) is 0 Å². The monoisotopic (exact) mass is 207 g/mol. The van der Waals surface area contributed by atoms with Crippen LogP contribution in [0.5, 0.6) is 0 Å². The maximum absolute atomic E-state index is 10.9. The fraction of sp³-hybridized carbons (Fsp3) is 0.417. The molecule has 0 aliphatic rings. The summed E-state index contributed by atoms with van der Waals surface area (Å²) in [5, 5.41) is 12.2. The third-order valence-electron chi connectivity index (χ3n) is 2.58. The molecule has 0 saturated heterocycles. The Morgan fingerprint density at radius 1 is 1.53 bits per heavy atom. The van der Waals surface area contributed by atoms with E-state index in [0.717, 1.165) is 17.7 Å². The molecule has 82 valence electrons. The lowest BCUT2D eigenvalue weighted by Gasteiger charge is -2.16. The summed E-state index contributed by atoms with van der Waals surface area (Å²) in [6, 6.07) is 5.65. The Morgan fingerprint density at radius 2 is 2.20 bits per heavy atom. The quantitative estimate of drug-likeness (QED) is 0.798. The molecule has 0 amide bonds. The highest BCUT2D eigenvalue weighted by molar-refractivity contribution is 5.91. The average molecular weight is 207 g/mol. The molecule has 3 heteroatoms. The largest absolute Gasteiger partial charge is 0.478 e. The Bertz CT molecular complexity index is 361. The maximum Gasteiger partial charge on any atom is 0.336 e. The molecule has 3 nitrogen and oxygen atoms in total. The number of carbonyl (C=O) groups is 1. The second-order valence-corrected chi connectivity index (χ2v) is 3.74. The van der Waals surface area contributed by atoms with Gasteiger partial charge in [-0.05, 0) is 38.0 Å². The summed E-state index contributed by atoms with van der Waals surface area (Å²) in [4.78, 5) is 10.9. The molecule has 0 bridgehead atoms. The number of nitrogens with one attached hydrogen (secondary N) is 1. The summed E-state index contributed by atoms with van der Waals surface area (Å²) in [5.41, 5.74) is 2.07. The SMILES string of the molecule is CCC(C)Nc1cccc(C(=O)O)c1C. The van der Waals surface area contributed by atoms with Crippen LogP contribution < -0.4 is 5.32 Å². The zero-order valence-electron chi connectivity index (χ0n) is 9.37. The van der Waals surface area contributed by atoms with Gasteiger partial charge in [-0.25, -0.2) is 4.79 Å². The van der Waals surface area contributed by atoms with Crippen molar-refractivity contribution in [2.24, 2.45) is 0 Å². The topological polar surface area (TPSA) is 49.3 Å². The van der Waals surface area contributed by atoms with Crippen LogP contribution in [0.15, 0.2) is 18.2 Å². The Labute approximate surface area is 90.1 Å². The first kappa shape index (κ1) is 11.6. The van der Waals surface area contributed by atoms with E-state index < -0.39 is 5.97 Å². The van der Waals surface area contributed by atoms with Crippen molar-refractivity contribution in [3.05, 3.63) is 29.3 Å². The number of benzene rings is 1. The van der Waals surface area contributed by atoms with Gasteiger partial charge in [-0.15, -0.1) is 0 Å². The molecule has 1 rings (SSSR count). The van der Waals surface area contributed by atoms with Gasteiger partial charge in [-0.2, -0.15) is 0 Å². The average Bonchev–Trinajstić information content (AvgIpc) is 2.20. The molecule has 0 aromatic heterocycles. The number of rotatable bonds is 4. The van der Waals surface area contributed by atoms with E-state index in [1.807, 2.05) is 13.0 Å². The smallest absolute Gasteiger partial charge is 0.336 e. The van der Waals surface area contributed by atoms with Crippen molar-refractivity contribution in [2.75, 3.05) is 5.32 Å². The van der Waals surface area contributed by atoms with E-state index in [1.165, 1.54) is 0 Å². The molecule has 1 aromatic rings. The zero-order valence-corrected chi connectivity index (χ0v) is 9.37. The van der Waals surface area contributed by atoms with Crippen LogP contribution in [-0.4, -0.2) is 17.1 Å². The van der Waals surface area contributed by atoms with Crippen molar-refractivity contribution < 1.29 is 9.90 Å². The van der Waals surface area contributed by atoms with Gasteiger partial charge in [0.25, 0.3) is 0 Å². The van der Waals surface area contributed by atoms with Crippen LogP contribution in [0.4, 0.5) is 5.69 Å². The summed E-state index contributed by atoms with van der Waals surface area (Å²) in [6.07, 6.45) is 1.01. The standard InChI is InChI=1S/C12H17NO2/c1-4-8(2)13-11-7-5-6-10(9(11)3)12(14)15/h5-8,13H,4H2,1-3H3,(H,14,15). The summed E-state index contributed by atoms with van der Waals surface area (Å²) in [7, 11) is 0. The predicted octanol–water partition coefficient (Wildman–Crippen LogP) is 2.90. The summed E-state index contributed by atoms with van der Waals surface area (Å²) in [5.74, 6) is -0.875. The zero-order chi connectivity index (χ0) is 11.4. The first-order valence-electron chi connectivity index (χ1n) is 5.15. The summed E-state index contributed by atoms with van der Waals surface area (Å²) in [6.45, 7) is 6.00. The van der Waals surface area contributed by atoms with Gasteiger partial charge in [0, 0.05) is 11.7 Å². The highest BCUT2D eigenvalue weighted by atomic mass is 16.4. The van der Waals surface area contributed by atoms with Crippen molar-refractivity contribution in [1.82, 2.24) is 0 Å². The highest BCUT2D eigenvalue weighted by Crippen LogP contribution is 2.20. The lowest BCUT2D eigenvalue weighted by atomic mass is 10.1. The number of aromatic carboxylic acids is 1. The first-order chi connectivity index (χ1) is 7.06. The fourth-order valence-electron chi connectivity index (χ4n) is 1.39. The number of hydrogen-bond acceptors (Lipinski definition) is 2. The molecular formula is C12H17NO2. The van der Waals surface area contributed by atoms with Gasteiger partial charge in [-0.1, -0.05) is 13.0 Å². The molecule has 0 fully saturated rings. The van der Waals surface area contributed by atoms with Crippen LogP contribution in [0.1, 0.15) is 36.2 Å². The van der Waals surface area contributed by atoms with E-state index in [9.17, 15) is 4.79 Å². The number of carboxylic acids is 1. The van der Waals surface area contributed by atoms with Gasteiger partial charge >= 0.3 is 5.97 Å². The van der Waals surface area contributed by atoms with Crippen molar-refractivity contribution in [2.45, 2.75) is 33.2 Å². The van der Waals surface area contributed by atoms with Crippen LogP contribution >= 0.6 is 0 Å². The van der Waals surface area contributed by atoms with Gasteiger partial charge in [0.1, 0.15) is 0 Å². The van der Waals surface area contributed by atoms with E-state index in [2.05, 4.69) is 19.2 Å². The number of carboxylic acid groups (broad SMARTS) is 1. The minimum atomic E-state index is -0.875. The van der Waals surface area contributed by atoms with Crippen molar-refractivity contribution in [3.63, 3.8) is 0 Å². The van der Waals surface area contributed by atoms with E-state index in [0.29, 0.717) is 11.6 Å². The predicted molar refractivity (Wildman–Crippen MR) is 61.5 cm³/mol. The minimum absolute atomic E-state index is 0.354. The van der Waals surface area contributed by atoms with Crippen LogP contribution in [0, 0.1) is 6.92 Å². The van der Waals surface area contributed by atoms with E-state index in [4.69, 9.17) is 5.11 Å². The van der Waals surface area contributed by atoms with E-state index in [1.54, 1.807) is 12.1 Å². The Morgan fingerprint density at radius 3 is 2.73 bits per heavy atom. The second-order valence-electron chi connectivity index (χ2n) is 3.74. The van der Waals surface area contributed by atoms with Crippen molar-refractivity contribution in [1.29, 1.82) is 0 Å². The number of hydrogen-bond donors (Lipinski definition) is 2. The van der Waals surface area contributed by atoms with Crippen LogP contribution in [0.2, 0.25) is 0 Å². The van der Waals surface area contributed by atoms with Crippen LogP contribution in [-0.2, 0) is 0 Å². The third-order valence-corrected chi connectivity index (χ3v) is 2.58. The number of anilines is 1. The molecule has 0 heterocycles. The molecule has 0 spiro atoms. The molecular weight excluding hydrogens is 190 g/mol. The van der Waals surface area contributed by atoms with Crippen molar-refractivity contribution in [3.8, 4) is 0 Å². The molecule has 15 heavy (non-hydrogen) atoms.